The van der Waals surface area contributed by atoms with E-state index in [1.54, 1.807) is 25.4 Å². The summed E-state index contributed by atoms with van der Waals surface area (Å²) in [5.74, 6) is -1.76. The number of nitrogens with zero attached hydrogens (tertiary/aromatic N) is 3. The number of pyridine rings is 2. The second kappa shape index (κ2) is 11.4. The highest BCUT2D eigenvalue weighted by atomic mass is 32.2. The van der Waals surface area contributed by atoms with E-state index < -0.39 is 27.2 Å². The van der Waals surface area contributed by atoms with Gasteiger partial charge in [0.15, 0.2) is 0 Å². The number of fused-ring (bicyclic) bond motifs is 1. The number of nitrogens with two attached hydrogens (primary N) is 1. The van der Waals surface area contributed by atoms with Crippen LogP contribution in [0, 0.1) is 24.2 Å². The molecule has 2 amide bonds. The summed E-state index contributed by atoms with van der Waals surface area (Å²) >= 11 is 0. The van der Waals surface area contributed by atoms with Crippen LogP contribution in [0.3, 0.4) is 0 Å². The zero-order chi connectivity index (χ0) is 28.2. The maximum absolute atomic E-state index is 12.9. The van der Waals surface area contributed by atoms with Crippen molar-refractivity contribution in [1.29, 1.82) is 5.26 Å². The average Bonchev–Trinajstić information content (AvgIpc) is 3.27. The number of carbonyl (C=O) groups is 2. The number of aromatic nitrogens is 2. The van der Waals surface area contributed by atoms with Crippen molar-refractivity contribution in [1.82, 2.24) is 20.6 Å². The van der Waals surface area contributed by atoms with Gasteiger partial charge in [0.2, 0.25) is 0 Å². The number of hydrogen-bond donors (Lipinski definition) is 3. The van der Waals surface area contributed by atoms with Crippen LogP contribution >= 0.6 is 0 Å². The fourth-order valence-corrected chi connectivity index (χ4v) is 6.30. The van der Waals surface area contributed by atoms with Gasteiger partial charge in [0, 0.05) is 34.6 Å². The minimum absolute atomic E-state index is 0.0232. The van der Waals surface area contributed by atoms with Crippen molar-refractivity contribution in [2.24, 2.45) is 5.92 Å². The van der Waals surface area contributed by atoms with Crippen molar-refractivity contribution in [2.75, 3.05) is 17.2 Å². The Hall–Kier alpha value is -4.04. The van der Waals surface area contributed by atoms with Crippen molar-refractivity contribution < 1.29 is 18.0 Å². The Bertz CT molecular complexity index is 1610. The van der Waals surface area contributed by atoms with E-state index in [4.69, 9.17) is 5.73 Å². The summed E-state index contributed by atoms with van der Waals surface area (Å²) < 4.78 is 24.0. The number of allylic oxidation sites excluding steroid dienone is 2. The molecular weight excluding hydrogens is 516 g/mol. The van der Waals surface area contributed by atoms with Crippen molar-refractivity contribution in [3.63, 3.8) is 0 Å². The Kier molecular flexibility index (Phi) is 8.16. The molecular formula is C28H32N6O4S. The van der Waals surface area contributed by atoms with Crippen LogP contribution in [-0.2, 0) is 19.4 Å². The zero-order valence-corrected chi connectivity index (χ0v) is 22.8. The van der Waals surface area contributed by atoms with E-state index in [1.807, 2.05) is 31.2 Å². The molecule has 0 bridgehead atoms. The van der Waals surface area contributed by atoms with Gasteiger partial charge in [-0.05, 0) is 73.9 Å². The van der Waals surface area contributed by atoms with Gasteiger partial charge in [0.1, 0.15) is 21.2 Å². The van der Waals surface area contributed by atoms with Crippen LogP contribution in [0.1, 0.15) is 44.6 Å². The molecule has 204 valence electrons. The highest BCUT2D eigenvalue weighted by molar-refractivity contribution is 7.91. The topological polar surface area (TPSA) is 168 Å². The molecule has 0 aliphatic heterocycles. The van der Waals surface area contributed by atoms with Crippen molar-refractivity contribution in [2.45, 2.75) is 51.5 Å². The molecule has 2 atom stereocenters. The van der Waals surface area contributed by atoms with Gasteiger partial charge in [-0.15, -0.1) is 0 Å². The van der Waals surface area contributed by atoms with E-state index in [2.05, 4.69) is 26.7 Å². The highest BCUT2D eigenvalue weighted by Crippen LogP contribution is 2.35. The van der Waals surface area contributed by atoms with Gasteiger partial charge in [-0.25, -0.2) is 13.4 Å². The fourth-order valence-electron chi connectivity index (χ4n) is 5.06. The molecule has 10 nitrogen and oxygen atoms in total. The Morgan fingerprint density at radius 3 is 2.74 bits per heavy atom. The number of hydrogen-bond acceptors (Lipinski definition) is 8. The quantitative estimate of drug-likeness (QED) is 0.449. The highest BCUT2D eigenvalue weighted by Gasteiger charge is 2.42. The molecule has 0 radical (unpaired) electrons. The zero-order valence-electron chi connectivity index (χ0n) is 22.0. The number of nitrogens with one attached hydrogen (secondary N) is 2. The molecule has 2 aliphatic carbocycles. The average molecular weight is 549 g/mol. The predicted molar refractivity (Wildman–Crippen MR) is 148 cm³/mol. The SMILES string of the molecule is CCS(=O)(=O)CC1CCC(C#N)(NC(=O)C(=O)NC2=C\CC/C=c3/c(N)nc(-c4cnccc4C)c/c3=C/2)C1. The molecule has 1 saturated carbocycles. The number of amides is 2. The number of sulfone groups is 1. The minimum Gasteiger partial charge on any atom is -0.383 e. The van der Waals surface area contributed by atoms with Crippen molar-refractivity contribution in [3.05, 3.63) is 52.3 Å². The number of carbonyl (C=O) groups excluding carboxylic acids is 2. The van der Waals surface area contributed by atoms with E-state index in [0.29, 0.717) is 36.5 Å². The molecule has 2 aliphatic rings. The molecule has 39 heavy (non-hydrogen) atoms. The number of nitrogen functional groups attached to an aromatic ring is 1. The molecule has 1 fully saturated rings. The molecule has 11 heteroatoms. The van der Waals surface area contributed by atoms with Crippen LogP contribution in [0.25, 0.3) is 23.4 Å². The standard InChI is InChI=1S/C28H32N6O4S/c1-3-39(37,38)16-19-8-10-28(14-19,17-29)34-27(36)26(35)32-21-6-4-5-7-22-20(12-21)13-24(33-25(22)30)23-15-31-11-9-18(23)2/h6-7,9,11-13,15,19H,3-5,8,10,14,16H2,1-2H3,(H2,30,33)(H,32,35)(H,34,36)/b20-12-,21-6+,22-7+. The molecule has 2 unspecified atom stereocenters. The maximum Gasteiger partial charge on any atom is 0.313 e. The Labute approximate surface area is 227 Å². The first-order valence-electron chi connectivity index (χ1n) is 12.9. The summed E-state index contributed by atoms with van der Waals surface area (Å²) in [6.07, 6.45) is 11.2. The van der Waals surface area contributed by atoms with Gasteiger partial charge in [-0.2, -0.15) is 5.26 Å². The second-order valence-corrected chi connectivity index (χ2v) is 12.5. The summed E-state index contributed by atoms with van der Waals surface area (Å²) in [7, 11) is -3.22. The Morgan fingerprint density at radius 1 is 1.26 bits per heavy atom. The third kappa shape index (κ3) is 6.52. The van der Waals surface area contributed by atoms with E-state index in [-0.39, 0.29) is 30.3 Å². The molecule has 0 spiro atoms. The molecule has 4 N–H and O–H groups in total. The molecule has 2 aromatic heterocycles. The van der Waals surface area contributed by atoms with E-state index in [9.17, 15) is 23.3 Å². The van der Waals surface area contributed by atoms with Crippen LogP contribution in [0.15, 0.2) is 36.3 Å². The van der Waals surface area contributed by atoms with Gasteiger partial charge in [0.05, 0.1) is 17.5 Å². The van der Waals surface area contributed by atoms with Crippen LogP contribution in [0.2, 0.25) is 0 Å². The molecule has 0 aromatic carbocycles. The number of nitriles is 1. The van der Waals surface area contributed by atoms with Crippen molar-refractivity contribution in [3.8, 4) is 17.3 Å². The van der Waals surface area contributed by atoms with Crippen LogP contribution in [0.5, 0.6) is 0 Å². The molecule has 2 heterocycles. The third-order valence-corrected chi connectivity index (χ3v) is 9.06. The molecule has 4 rings (SSSR count). The first kappa shape index (κ1) is 28.0. The summed E-state index contributed by atoms with van der Waals surface area (Å²) in [6, 6.07) is 5.85. The Balaban J connectivity index is 1.54. The largest absolute Gasteiger partial charge is 0.383 e. The molecule has 2 aromatic rings. The maximum atomic E-state index is 12.9. The fraction of sp³-hybridized carbons (Fsp3) is 0.393. The Morgan fingerprint density at radius 2 is 2.03 bits per heavy atom. The lowest BCUT2D eigenvalue weighted by molar-refractivity contribution is -0.139. The third-order valence-electron chi connectivity index (χ3n) is 7.20. The van der Waals surface area contributed by atoms with E-state index >= 15 is 0 Å². The van der Waals surface area contributed by atoms with Gasteiger partial charge >= 0.3 is 11.8 Å². The normalized spacial score (nSPS) is 23.7. The number of aryl methyl sites for hydroxylation is 1. The first-order chi connectivity index (χ1) is 18.5. The predicted octanol–water partition coefficient (Wildman–Crippen LogP) is 1.00. The van der Waals surface area contributed by atoms with Gasteiger partial charge in [-0.1, -0.05) is 19.1 Å². The number of anilines is 1. The summed E-state index contributed by atoms with van der Waals surface area (Å²) in [5.41, 5.74) is 7.91. The van der Waals surface area contributed by atoms with E-state index in [0.717, 1.165) is 21.6 Å². The smallest absolute Gasteiger partial charge is 0.313 e. The van der Waals surface area contributed by atoms with Crippen molar-refractivity contribution >= 4 is 39.6 Å². The summed E-state index contributed by atoms with van der Waals surface area (Å²) in [4.78, 5) is 34.5. The minimum atomic E-state index is -3.22. The molecule has 0 saturated heterocycles. The van der Waals surface area contributed by atoms with Gasteiger partial charge < -0.3 is 16.4 Å². The summed E-state index contributed by atoms with van der Waals surface area (Å²) in [5, 5.41) is 16.5. The van der Waals surface area contributed by atoms with Gasteiger partial charge in [0.25, 0.3) is 0 Å². The van der Waals surface area contributed by atoms with E-state index in [1.165, 1.54) is 0 Å². The van der Waals surface area contributed by atoms with Crippen LogP contribution in [-0.4, -0.2) is 47.2 Å². The number of rotatable bonds is 6. The first-order valence-corrected chi connectivity index (χ1v) is 14.7. The van der Waals surface area contributed by atoms with Crippen LogP contribution < -0.4 is 26.8 Å². The lowest BCUT2D eigenvalue weighted by Gasteiger charge is -2.22. The van der Waals surface area contributed by atoms with Crippen LogP contribution in [0.4, 0.5) is 5.82 Å². The lowest BCUT2D eigenvalue weighted by Crippen LogP contribution is -2.51. The summed E-state index contributed by atoms with van der Waals surface area (Å²) in [6.45, 7) is 3.53. The van der Waals surface area contributed by atoms with Gasteiger partial charge in [-0.3, -0.25) is 14.6 Å². The second-order valence-electron chi connectivity index (χ2n) is 10.1. The monoisotopic (exact) mass is 548 g/mol. The lowest BCUT2D eigenvalue weighted by atomic mass is 9.98.